The van der Waals surface area contributed by atoms with Crippen LogP contribution in [-0.4, -0.2) is 7.05 Å². The van der Waals surface area contributed by atoms with E-state index in [1.807, 2.05) is 7.05 Å². The molecule has 0 bridgehead atoms. The third kappa shape index (κ3) is 2.79. The van der Waals surface area contributed by atoms with Gasteiger partial charge in [-0.3, -0.25) is 0 Å². The van der Waals surface area contributed by atoms with Crippen LogP contribution in [-0.2, 0) is 6.54 Å². The van der Waals surface area contributed by atoms with Gasteiger partial charge in [0.05, 0.1) is 5.70 Å². The van der Waals surface area contributed by atoms with Crippen LogP contribution < -0.4 is 10.6 Å². The van der Waals surface area contributed by atoms with Crippen LogP contribution in [0.25, 0.3) is 0 Å². The molecule has 2 aliphatic rings. The zero-order valence-corrected chi connectivity index (χ0v) is 12.0. The van der Waals surface area contributed by atoms with Gasteiger partial charge in [-0.2, -0.15) is 0 Å². The predicted molar refractivity (Wildman–Crippen MR) is 83.9 cm³/mol. The van der Waals surface area contributed by atoms with Crippen LogP contribution >= 0.6 is 0 Å². The average Bonchev–Trinajstić information content (AvgIpc) is 2.53. The molecule has 0 aliphatic heterocycles. The molecule has 104 valence electrons. The molecule has 0 radical (unpaired) electrons. The van der Waals surface area contributed by atoms with Gasteiger partial charge in [-0.25, -0.2) is 0 Å². The molecular weight excluding hydrogens is 244 g/mol. The SMILES string of the molecule is CNC1=C(NCc2ccccc2)CC2C=CCCC2=C1. The second kappa shape index (κ2) is 6.00. The lowest BCUT2D eigenvalue weighted by Gasteiger charge is -2.29. The molecule has 0 heterocycles. The number of hydrogen-bond acceptors (Lipinski definition) is 2. The molecule has 0 aromatic heterocycles. The van der Waals surface area contributed by atoms with E-state index < -0.39 is 0 Å². The monoisotopic (exact) mass is 266 g/mol. The topological polar surface area (TPSA) is 24.1 Å². The smallest absolute Gasteiger partial charge is 0.0530 e. The van der Waals surface area contributed by atoms with Gasteiger partial charge in [0.1, 0.15) is 0 Å². The van der Waals surface area contributed by atoms with Crippen molar-refractivity contribution in [3.05, 3.63) is 71.1 Å². The number of rotatable bonds is 4. The number of hydrogen-bond donors (Lipinski definition) is 2. The zero-order valence-electron chi connectivity index (χ0n) is 12.0. The van der Waals surface area contributed by atoms with Crippen molar-refractivity contribution in [2.24, 2.45) is 5.92 Å². The Balaban J connectivity index is 1.75. The molecular formula is C18H22N2. The molecule has 1 atom stereocenters. The van der Waals surface area contributed by atoms with Crippen molar-refractivity contribution in [1.82, 2.24) is 10.6 Å². The molecule has 1 aromatic rings. The Morgan fingerprint density at radius 1 is 1.20 bits per heavy atom. The fraction of sp³-hybridized carbons (Fsp3) is 0.333. The molecule has 0 spiro atoms. The molecule has 0 amide bonds. The van der Waals surface area contributed by atoms with E-state index in [0.717, 1.165) is 13.0 Å². The van der Waals surface area contributed by atoms with E-state index >= 15 is 0 Å². The van der Waals surface area contributed by atoms with Crippen LogP contribution in [0.2, 0.25) is 0 Å². The number of benzene rings is 1. The lowest BCUT2D eigenvalue weighted by molar-refractivity contribution is 0.603. The predicted octanol–water partition coefficient (Wildman–Crippen LogP) is 3.50. The first kappa shape index (κ1) is 13.0. The normalized spacial score (nSPS) is 21.2. The third-order valence-electron chi connectivity index (χ3n) is 4.14. The zero-order chi connectivity index (χ0) is 13.8. The van der Waals surface area contributed by atoms with E-state index in [4.69, 9.17) is 0 Å². The summed E-state index contributed by atoms with van der Waals surface area (Å²) < 4.78 is 0. The minimum absolute atomic E-state index is 0.596. The van der Waals surface area contributed by atoms with Gasteiger partial charge in [0, 0.05) is 25.2 Å². The quantitative estimate of drug-likeness (QED) is 0.815. The van der Waals surface area contributed by atoms with Crippen molar-refractivity contribution in [2.45, 2.75) is 25.8 Å². The summed E-state index contributed by atoms with van der Waals surface area (Å²) in [6, 6.07) is 10.6. The summed E-state index contributed by atoms with van der Waals surface area (Å²) in [5.41, 5.74) is 5.48. The summed E-state index contributed by atoms with van der Waals surface area (Å²) in [6.07, 6.45) is 10.5. The molecule has 0 fully saturated rings. The van der Waals surface area contributed by atoms with Gasteiger partial charge in [-0.15, -0.1) is 0 Å². The van der Waals surface area contributed by atoms with Gasteiger partial charge in [0.2, 0.25) is 0 Å². The van der Waals surface area contributed by atoms with E-state index in [1.54, 1.807) is 5.57 Å². The summed E-state index contributed by atoms with van der Waals surface area (Å²) >= 11 is 0. The first-order chi connectivity index (χ1) is 9.86. The highest BCUT2D eigenvalue weighted by Gasteiger charge is 2.22. The standard InChI is InChI=1S/C18H22N2/c1-19-17-11-15-9-5-6-10-16(15)12-18(17)20-13-14-7-3-2-4-8-14/h2-4,6-8,10-11,16,19-20H,5,9,12-13H2,1H3. The Hall–Kier alpha value is -1.96. The van der Waals surface area contributed by atoms with Crippen molar-refractivity contribution in [2.75, 3.05) is 7.05 Å². The minimum atomic E-state index is 0.596. The average molecular weight is 266 g/mol. The molecule has 3 rings (SSSR count). The molecule has 1 aromatic carbocycles. The van der Waals surface area contributed by atoms with Crippen molar-refractivity contribution < 1.29 is 0 Å². The molecule has 2 nitrogen and oxygen atoms in total. The summed E-state index contributed by atoms with van der Waals surface area (Å²) in [5, 5.41) is 6.95. The van der Waals surface area contributed by atoms with Crippen molar-refractivity contribution >= 4 is 0 Å². The number of nitrogens with one attached hydrogen (secondary N) is 2. The van der Waals surface area contributed by atoms with E-state index in [2.05, 4.69) is 59.2 Å². The minimum Gasteiger partial charge on any atom is -0.387 e. The van der Waals surface area contributed by atoms with Crippen molar-refractivity contribution in [3.8, 4) is 0 Å². The fourth-order valence-electron chi connectivity index (χ4n) is 3.00. The molecule has 0 saturated carbocycles. The highest BCUT2D eigenvalue weighted by Crippen LogP contribution is 2.34. The third-order valence-corrected chi connectivity index (χ3v) is 4.14. The van der Waals surface area contributed by atoms with Crippen LogP contribution in [0.3, 0.4) is 0 Å². The Morgan fingerprint density at radius 2 is 2.05 bits per heavy atom. The van der Waals surface area contributed by atoms with Gasteiger partial charge in [-0.05, 0) is 30.9 Å². The van der Waals surface area contributed by atoms with Gasteiger partial charge >= 0.3 is 0 Å². The van der Waals surface area contributed by atoms with Crippen LogP contribution in [0.15, 0.2) is 65.5 Å². The molecule has 2 aliphatic carbocycles. The molecule has 2 heteroatoms. The lowest BCUT2D eigenvalue weighted by Crippen LogP contribution is -2.25. The van der Waals surface area contributed by atoms with Crippen LogP contribution in [0.1, 0.15) is 24.8 Å². The highest BCUT2D eigenvalue weighted by molar-refractivity contribution is 5.37. The van der Waals surface area contributed by atoms with Crippen LogP contribution in [0.5, 0.6) is 0 Å². The molecule has 20 heavy (non-hydrogen) atoms. The van der Waals surface area contributed by atoms with Gasteiger partial charge in [0.25, 0.3) is 0 Å². The van der Waals surface area contributed by atoms with Crippen LogP contribution in [0.4, 0.5) is 0 Å². The highest BCUT2D eigenvalue weighted by atomic mass is 14.9. The second-order valence-electron chi connectivity index (χ2n) is 5.48. The first-order valence-electron chi connectivity index (χ1n) is 7.42. The van der Waals surface area contributed by atoms with E-state index in [-0.39, 0.29) is 0 Å². The van der Waals surface area contributed by atoms with E-state index in [1.165, 1.54) is 29.8 Å². The van der Waals surface area contributed by atoms with Gasteiger partial charge < -0.3 is 10.6 Å². The Bertz CT molecular complexity index is 552. The first-order valence-corrected chi connectivity index (χ1v) is 7.42. The van der Waals surface area contributed by atoms with Crippen molar-refractivity contribution in [1.29, 1.82) is 0 Å². The molecule has 1 unspecified atom stereocenters. The maximum atomic E-state index is 3.61. The largest absolute Gasteiger partial charge is 0.387 e. The summed E-state index contributed by atoms with van der Waals surface area (Å²) in [4.78, 5) is 0. The summed E-state index contributed by atoms with van der Waals surface area (Å²) in [6.45, 7) is 0.890. The Kier molecular flexibility index (Phi) is 3.91. The second-order valence-corrected chi connectivity index (χ2v) is 5.48. The van der Waals surface area contributed by atoms with E-state index in [9.17, 15) is 0 Å². The molecule has 2 N–H and O–H groups in total. The Labute approximate surface area is 121 Å². The van der Waals surface area contributed by atoms with Gasteiger partial charge in [0.15, 0.2) is 0 Å². The Morgan fingerprint density at radius 3 is 2.85 bits per heavy atom. The fourth-order valence-corrected chi connectivity index (χ4v) is 3.00. The lowest BCUT2D eigenvalue weighted by atomic mass is 9.82. The number of allylic oxidation sites excluding steroid dienone is 5. The maximum absolute atomic E-state index is 3.61. The van der Waals surface area contributed by atoms with Gasteiger partial charge in [-0.1, -0.05) is 48.1 Å². The van der Waals surface area contributed by atoms with E-state index in [0.29, 0.717) is 5.92 Å². The maximum Gasteiger partial charge on any atom is 0.0530 e. The molecule has 0 saturated heterocycles. The number of likely N-dealkylation sites (N-methyl/N-ethyl adjacent to an activating group) is 1. The number of fused-ring (bicyclic) bond motifs is 1. The summed E-state index contributed by atoms with van der Waals surface area (Å²) in [7, 11) is 2.01. The summed E-state index contributed by atoms with van der Waals surface area (Å²) in [5.74, 6) is 0.596. The van der Waals surface area contributed by atoms with Crippen molar-refractivity contribution in [3.63, 3.8) is 0 Å². The van der Waals surface area contributed by atoms with Crippen LogP contribution in [0, 0.1) is 5.92 Å².